The second-order valence-electron chi connectivity index (χ2n) is 5.17. The van der Waals surface area contributed by atoms with Crippen LogP contribution in [0, 0.1) is 19.8 Å². The average molecular weight is 249 g/mol. The lowest BCUT2D eigenvalue weighted by atomic mass is 10.1. The number of methoxy groups -OCH3 is 1. The van der Waals surface area contributed by atoms with Crippen LogP contribution in [0.2, 0.25) is 0 Å². The topological polar surface area (TPSA) is 51.4 Å². The molecule has 2 N–H and O–H groups in total. The SMILES string of the molecule is COc1c(C)cnc(CN2CC[C@H](CN)C2)c1C. The largest absolute Gasteiger partial charge is 0.496 e. The van der Waals surface area contributed by atoms with Gasteiger partial charge in [-0.15, -0.1) is 0 Å². The average Bonchev–Trinajstić information content (AvgIpc) is 2.81. The molecule has 0 bridgehead atoms. The maximum atomic E-state index is 5.72. The summed E-state index contributed by atoms with van der Waals surface area (Å²) in [6.45, 7) is 8.03. The Morgan fingerprint density at radius 1 is 1.50 bits per heavy atom. The highest BCUT2D eigenvalue weighted by molar-refractivity contribution is 5.41. The first-order valence-electron chi connectivity index (χ1n) is 6.57. The third kappa shape index (κ3) is 2.65. The van der Waals surface area contributed by atoms with E-state index in [2.05, 4.69) is 16.8 Å². The van der Waals surface area contributed by atoms with Crippen molar-refractivity contribution in [3.63, 3.8) is 0 Å². The van der Waals surface area contributed by atoms with E-state index in [0.29, 0.717) is 5.92 Å². The van der Waals surface area contributed by atoms with Crippen LogP contribution in [-0.2, 0) is 6.54 Å². The van der Waals surface area contributed by atoms with Gasteiger partial charge in [-0.3, -0.25) is 9.88 Å². The molecule has 0 amide bonds. The van der Waals surface area contributed by atoms with Gasteiger partial charge >= 0.3 is 0 Å². The number of pyridine rings is 1. The highest BCUT2D eigenvalue weighted by Gasteiger charge is 2.22. The Bertz CT molecular complexity index is 420. The van der Waals surface area contributed by atoms with Crippen LogP contribution in [0.1, 0.15) is 23.2 Å². The monoisotopic (exact) mass is 249 g/mol. The number of hydrogen-bond acceptors (Lipinski definition) is 4. The molecule has 1 aliphatic heterocycles. The number of aromatic nitrogens is 1. The second-order valence-corrected chi connectivity index (χ2v) is 5.17. The van der Waals surface area contributed by atoms with Gasteiger partial charge in [0.05, 0.1) is 12.8 Å². The lowest BCUT2D eigenvalue weighted by Crippen LogP contribution is -2.23. The molecule has 0 saturated carbocycles. The summed E-state index contributed by atoms with van der Waals surface area (Å²) in [6.07, 6.45) is 3.11. The fourth-order valence-electron chi connectivity index (χ4n) is 2.69. The van der Waals surface area contributed by atoms with Crippen molar-refractivity contribution in [1.29, 1.82) is 0 Å². The summed E-state index contributed by atoms with van der Waals surface area (Å²) in [5.74, 6) is 1.62. The Morgan fingerprint density at radius 2 is 2.28 bits per heavy atom. The maximum Gasteiger partial charge on any atom is 0.128 e. The van der Waals surface area contributed by atoms with E-state index in [1.807, 2.05) is 13.1 Å². The van der Waals surface area contributed by atoms with Gasteiger partial charge in [0.15, 0.2) is 0 Å². The summed E-state index contributed by atoms with van der Waals surface area (Å²) >= 11 is 0. The minimum atomic E-state index is 0.651. The Hall–Kier alpha value is -1.13. The molecule has 1 aromatic heterocycles. The molecule has 1 aliphatic rings. The molecule has 1 fully saturated rings. The maximum absolute atomic E-state index is 5.72. The molecule has 0 radical (unpaired) electrons. The highest BCUT2D eigenvalue weighted by atomic mass is 16.5. The van der Waals surface area contributed by atoms with Gasteiger partial charge in [0.1, 0.15) is 5.75 Å². The molecule has 2 heterocycles. The summed E-state index contributed by atoms with van der Waals surface area (Å²) in [7, 11) is 1.72. The van der Waals surface area contributed by atoms with Crippen molar-refractivity contribution in [3.05, 3.63) is 23.0 Å². The van der Waals surface area contributed by atoms with Crippen LogP contribution in [0.5, 0.6) is 5.75 Å². The molecule has 0 unspecified atom stereocenters. The minimum Gasteiger partial charge on any atom is -0.496 e. The highest BCUT2D eigenvalue weighted by Crippen LogP contribution is 2.26. The number of ether oxygens (including phenoxy) is 1. The molecule has 100 valence electrons. The first-order chi connectivity index (χ1) is 8.65. The zero-order valence-electron chi connectivity index (χ0n) is 11.6. The zero-order valence-corrected chi connectivity index (χ0v) is 11.6. The molecular weight excluding hydrogens is 226 g/mol. The van der Waals surface area contributed by atoms with Gasteiger partial charge < -0.3 is 10.5 Å². The van der Waals surface area contributed by atoms with Crippen LogP contribution in [0.3, 0.4) is 0 Å². The van der Waals surface area contributed by atoms with E-state index in [1.165, 1.54) is 6.42 Å². The Kier molecular flexibility index (Phi) is 4.19. The molecule has 0 spiro atoms. The molecule has 2 rings (SSSR count). The van der Waals surface area contributed by atoms with Gasteiger partial charge in [0.2, 0.25) is 0 Å². The first-order valence-corrected chi connectivity index (χ1v) is 6.57. The summed E-state index contributed by atoms with van der Waals surface area (Å²) in [4.78, 5) is 6.98. The van der Waals surface area contributed by atoms with Gasteiger partial charge in [-0.2, -0.15) is 0 Å². The normalized spacial score (nSPS) is 20.3. The zero-order chi connectivity index (χ0) is 13.1. The third-order valence-corrected chi connectivity index (χ3v) is 3.83. The van der Waals surface area contributed by atoms with E-state index in [-0.39, 0.29) is 0 Å². The quantitative estimate of drug-likeness (QED) is 0.878. The summed E-state index contributed by atoms with van der Waals surface area (Å²) in [5, 5.41) is 0. The molecule has 18 heavy (non-hydrogen) atoms. The van der Waals surface area contributed by atoms with Gasteiger partial charge in [-0.25, -0.2) is 0 Å². The molecule has 1 aromatic rings. The summed E-state index contributed by atoms with van der Waals surface area (Å²) in [5.41, 5.74) is 9.10. The van der Waals surface area contributed by atoms with E-state index in [0.717, 1.165) is 48.7 Å². The number of nitrogens with two attached hydrogens (primary N) is 1. The Balaban J connectivity index is 2.10. The molecule has 0 aromatic carbocycles. The van der Waals surface area contributed by atoms with E-state index >= 15 is 0 Å². The van der Waals surface area contributed by atoms with Crippen LogP contribution in [0.25, 0.3) is 0 Å². The molecule has 1 saturated heterocycles. The van der Waals surface area contributed by atoms with E-state index in [9.17, 15) is 0 Å². The molecule has 4 nitrogen and oxygen atoms in total. The third-order valence-electron chi connectivity index (χ3n) is 3.83. The van der Waals surface area contributed by atoms with E-state index < -0.39 is 0 Å². The molecular formula is C14H23N3O. The fourth-order valence-corrected chi connectivity index (χ4v) is 2.69. The van der Waals surface area contributed by atoms with Gasteiger partial charge in [0.25, 0.3) is 0 Å². The van der Waals surface area contributed by atoms with E-state index in [1.54, 1.807) is 7.11 Å². The number of hydrogen-bond donors (Lipinski definition) is 1. The lowest BCUT2D eigenvalue weighted by molar-refractivity contribution is 0.312. The van der Waals surface area contributed by atoms with Crippen LogP contribution in [-0.4, -0.2) is 36.6 Å². The van der Waals surface area contributed by atoms with Crippen LogP contribution in [0.4, 0.5) is 0 Å². The van der Waals surface area contributed by atoms with Crippen molar-refractivity contribution in [2.24, 2.45) is 11.7 Å². The lowest BCUT2D eigenvalue weighted by Gasteiger charge is -2.18. The molecule has 0 aliphatic carbocycles. The standard InChI is InChI=1S/C14H23N3O/c1-10-7-16-13(11(2)14(10)18-3)9-17-5-4-12(6-15)8-17/h7,12H,4-6,8-9,15H2,1-3H3/t12-/m1/s1. The summed E-state index contributed by atoms with van der Waals surface area (Å²) in [6, 6.07) is 0. The van der Waals surface area contributed by atoms with Crippen molar-refractivity contribution in [3.8, 4) is 5.75 Å². The van der Waals surface area contributed by atoms with Crippen LogP contribution < -0.4 is 10.5 Å². The van der Waals surface area contributed by atoms with Gasteiger partial charge in [0, 0.05) is 30.4 Å². The number of rotatable bonds is 4. The number of aryl methyl sites for hydroxylation is 1. The second kappa shape index (κ2) is 5.67. The predicted octanol–water partition coefficient (Wildman–Crippen LogP) is 1.49. The molecule has 4 heteroatoms. The van der Waals surface area contributed by atoms with Gasteiger partial charge in [-0.1, -0.05) is 0 Å². The van der Waals surface area contributed by atoms with Crippen molar-refractivity contribution >= 4 is 0 Å². The van der Waals surface area contributed by atoms with Crippen molar-refractivity contribution in [2.45, 2.75) is 26.8 Å². The summed E-state index contributed by atoms with van der Waals surface area (Å²) < 4.78 is 5.44. The van der Waals surface area contributed by atoms with Crippen molar-refractivity contribution in [2.75, 3.05) is 26.7 Å². The molecule has 1 atom stereocenters. The Morgan fingerprint density at radius 3 is 2.89 bits per heavy atom. The number of nitrogens with zero attached hydrogens (tertiary/aromatic N) is 2. The van der Waals surface area contributed by atoms with E-state index in [4.69, 9.17) is 10.5 Å². The first kappa shape index (κ1) is 13.3. The van der Waals surface area contributed by atoms with Crippen molar-refractivity contribution in [1.82, 2.24) is 9.88 Å². The number of likely N-dealkylation sites (tertiary alicyclic amines) is 1. The van der Waals surface area contributed by atoms with Gasteiger partial charge in [-0.05, 0) is 39.3 Å². The predicted molar refractivity (Wildman–Crippen MR) is 72.7 cm³/mol. The smallest absolute Gasteiger partial charge is 0.128 e. The van der Waals surface area contributed by atoms with Crippen molar-refractivity contribution < 1.29 is 4.74 Å². The Labute approximate surface area is 109 Å². The van der Waals surface area contributed by atoms with Crippen LogP contribution in [0.15, 0.2) is 6.20 Å². The van der Waals surface area contributed by atoms with Crippen LogP contribution >= 0.6 is 0 Å². The fraction of sp³-hybridized carbons (Fsp3) is 0.643. The minimum absolute atomic E-state index is 0.651.